The van der Waals surface area contributed by atoms with Gasteiger partial charge in [-0.15, -0.1) is 0 Å². The SMILES string of the molecule is CCc1ccc(C(C(=O)Nc2ccc3ccccc3c2)N(C(=O)C(CC(N)=O)NC(=O)OC(C)(C)C)C2CCC2)cc1. The van der Waals surface area contributed by atoms with Crippen molar-refractivity contribution in [3.8, 4) is 0 Å². The number of primary amides is 1. The summed E-state index contributed by atoms with van der Waals surface area (Å²) in [5.41, 5.74) is 6.99. The summed E-state index contributed by atoms with van der Waals surface area (Å²) < 4.78 is 5.36. The van der Waals surface area contributed by atoms with Crippen molar-refractivity contribution >= 4 is 40.3 Å². The van der Waals surface area contributed by atoms with Crippen LogP contribution in [0.5, 0.6) is 0 Å². The minimum Gasteiger partial charge on any atom is -0.444 e. The third kappa shape index (κ3) is 7.66. The Kier molecular flexibility index (Phi) is 9.50. The number of ether oxygens (including phenoxy) is 1. The molecule has 0 aliphatic heterocycles. The first-order valence-corrected chi connectivity index (χ1v) is 14.4. The van der Waals surface area contributed by atoms with Crippen molar-refractivity contribution < 1.29 is 23.9 Å². The van der Waals surface area contributed by atoms with E-state index in [0.29, 0.717) is 24.1 Å². The fraction of sp³-hybridized carbons (Fsp3) is 0.394. The molecule has 0 radical (unpaired) electrons. The molecule has 1 saturated carbocycles. The van der Waals surface area contributed by atoms with E-state index in [4.69, 9.17) is 10.5 Å². The Morgan fingerprint density at radius 3 is 2.21 bits per heavy atom. The molecule has 42 heavy (non-hydrogen) atoms. The molecule has 4 N–H and O–H groups in total. The first kappa shape index (κ1) is 30.6. The minimum atomic E-state index is -1.30. The van der Waals surface area contributed by atoms with Crippen molar-refractivity contribution in [1.29, 1.82) is 0 Å². The summed E-state index contributed by atoms with van der Waals surface area (Å²) in [7, 11) is 0. The summed E-state index contributed by atoms with van der Waals surface area (Å²) in [5.74, 6) is -1.73. The van der Waals surface area contributed by atoms with E-state index in [9.17, 15) is 19.2 Å². The maximum Gasteiger partial charge on any atom is 0.408 e. The number of hydrogen-bond acceptors (Lipinski definition) is 5. The molecule has 0 heterocycles. The van der Waals surface area contributed by atoms with Gasteiger partial charge in [0.15, 0.2) is 0 Å². The summed E-state index contributed by atoms with van der Waals surface area (Å²) in [6, 6.07) is 18.5. The van der Waals surface area contributed by atoms with E-state index in [2.05, 4.69) is 10.6 Å². The number of carbonyl (C=O) groups excluding carboxylic acids is 4. The van der Waals surface area contributed by atoms with Gasteiger partial charge in [0, 0.05) is 11.7 Å². The highest BCUT2D eigenvalue weighted by Crippen LogP contribution is 2.35. The molecule has 1 aliphatic rings. The highest BCUT2D eigenvalue weighted by atomic mass is 16.6. The van der Waals surface area contributed by atoms with E-state index >= 15 is 0 Å². The lowest BCUT2D eigenvalue weighted by molar-refractivity contribution is -0.146. The molecule has 4 rings (SSSR count). The molecular formula is C33H40N4O5. The lowest BCUT2D eigenvalue weighted by atomic mass is 9.87. The Labute approximate surface area is 246 Å². The Morgan fingerprint density at radius 2 is 1.64 bits per heavy atom. The predicted octanol–water partition coefficient (Wildman–Crippen LogP) is 5.23. The molecule has 0 saturated heterocycles. The molecule has 3 aromatic rings. The second-order valence-electron chi connectivity index (χ2n) is 11.7. The number of nitrogens with one attached hydrogen (secondary N) is 2. The highest BCUT2D eigenvalue weighted by molar-refractivity contribution is 6.01. The lowest BCUT2D eigenvalue weighted by Gasteiger charge is -2.43. The average Bonchev–Trinajstić information content (AvgIpc) is 2.90. The molecule has 1 fully saturated rings. The second kappa shape index (κ2) is 13.1. The van der Waals surface area contributed by atoms with Gasteiger partial charge in [0.25, 0.3) is 5.91 Å². The van der Waals surface area contributed by atoms with Crippen molar-refractivity contribution in [2.45, 2.75) is 83.5 Å². The van der Waals surface area contributed by atoms with Crippen LogP contribution in [0.15, 0.2) is 66.7 Å². The number of alkyl carbamates (subject to hydrolysis) is 1. The van der Waals surface area contributed by atoms with Gasteiger partial charge in [0.1, 0.15) is 17.7 Å². The zero-order chi connectivity index (χ0) is 30.4. The Morgan fingerprint density at radius 1 is 0.976 bits per heavy atom. The number of benzene rings is 3. The number of anilines is 1. The molecule has 0 spiro atoms. The van der Waals surface area contributed by atoms with E-state index in [-0.39, 0.29) is 6.04 Å². The van der Waals surface area contributed by atoms with Crippen LogP contribution in [0.2, 0.25) is 0 Å². The summed E-state index contributed by atoms with van der Waals surface area (Å²) in [6.07, 6.45) is 1.81. The van der Waals surface area contributed by atoms with Crippen LogP contribution in [0.25, 0.3) is 10.8 Å². The van der Waals surface area contributed by atoms with Crippen molar-refractivity contribution in [3.05, 3.63) is 77.9 Å². The van der Waals surface area contributed by atoms with Crippen molar-refractivity contribution in [2.75, 3.05) is 5.32 Å². The lowest BCUT2D eigenvalue weighted by Crippen LogP contribution is -2.57. The largest absolute Gasteiger partial charge is 0.444 e. The molecule has 2 unspecified atom stereocenters. The van der Waals surface area contributed by atoms with E-state index in [1.807, 2.05) is 73.7 Å². The molecule has 4 amide bonds. The number of aryl methyl sites for hydroxylation is 1. The van der Waals surface area contributed by atoms with Crippen LogP contribution in [0, 0.1) is 0 Å². The first-order chi connectivity index (χ1) is 19.9. The number of rotatable bonds is 10. The Balaban J connectivity index is 1.72. The normalized spacial score (nSPS) is 14.8. The van der Waals surface area contributed by atoms with E-state index in [0.717, 1.165) is 29.2 Å². The van der Waals surface area contributed by atoms with Crippen LogP contribution < -0.4 is 16.4 Å². The number of nitrogens with two attached hydrogens (primary N) is 1. The second-order valence-corrected chi connectivity index (χ2v) is 11.7. The van der Waals surface area contributed by atoms with Gasteiger partial charge in [-0.1, -0.05) is 61.5 Å². The number of hydrogen-bond donors (Lipinski definition) is 3. The van der Waals surface area contributed by atoms with E-state index < -0.39 is 47.9 Å². The van der Waals surface area contributed by atoms with Crippen molar-refractivity contribution in [3.63, 3.8) is 0 Å². The van der Waals surface area contributed by atoms with Gasteiger partial charge in [-0.25, -0.2) is 4.79 Å². The summed E-state index contributed by atoms with van der Waals surface area (Å²) in [5, 5.41) is 7.56. The Bertz CT molecular complexity index is 1440. The molecule has 2 atom stereocenters. The van der Waals surface area contributed by atoms with Crippen LogP contribution in [-0.2, 0) is 25.5 Å². The fourth-order valence-electron chi connectivity index (χ4n) is 5.07. The minimum absolute atomic E-state index is 0.258. The zero-order valence-electron chi connectivity index (χ0n) is 24.7. The van der Waals surface area contributed by atoms with Crippen molar-refractivity contribution in [2.24, 2.45) is 5.73 Å². The van der Waals surface area contributed by atoms with Crippen molar-refractivity contribution in [1.82, 2.24) is 10.2 Å². The quantitative estimate of drug-likeness (QED) is 0.306. The monoisotopic (exact) mass is 572 g/mol. The topological polar surface area (TPSA) is 131 Å². The molecule has 3 aromatic carbocycles. The molecule has 9 nitrogen and oxygen atoms in total. The molecule has 222 valence electrons. The third-order valence-electron chi connectivity index (χ3n) is 7.36. The van der Waals surface area contributed by atoms with Gasteiger partial charge in [0.2, 0.25) is 11.8 Å². The molecule has 0 aromatic heterocycles. The summed E-state index contributed by atoms with van der Waals surface area (Å²) in [4.78, 5) is 54.6. The van der Waals surface area contributed by atoms with E-state index in [1.54, 1.807) is 20.8 Å². The molecular weight excluding hydrogens is 532 g/mol. The summed E-state index contributed by atoms with van der Waals surface area (Å²) >= 11 is 0. The van der Waals surface area contributed by atoms with Gasteiger partial charge < -0.3 is 26.0 Å². The van der Waals surface area contributed by atoms with Crippen LogP contribution in [0.3, 0.4) is 0 Å². The molecule has 0 bridgehead atoms. The van der Waals surface area contributed by atoms with E-state index in [1.165, 1.54) is 4.90 Å². The van der Waals surface area contributed by atoms with Gasteiger partial charge in [-0.2, -0.15) is 0 Å². The maximum absolute atomic E-state index is 14.3. The standard InChI is InChI=1S/C33H40N4O5/c1-5-21-13-15-23(16-14-21)29(30(39)35-25-18-17-22-9-6-7-10-24(22)19-25)37(26-11-8-12-26)31(40)27(20-28(34)38)36-32(41)42-33(2,3)4/h6-7,9-10,13-19,26-27,29H,5,8,11-12,20H2,1-4H3,(H2,34,38)(H,35,39)(H,36,41). The first-order valence-electron chi connectivity index (χ1n) is 14.4. The zero-order valence-corrected chi connectivity index (χ0v) is 24.7. The predicted molar refractivity (Wildman–Crippen MR) is 163 cm³/mol. The van der Waals surface area contributed by atoms with Gasteiger partial charge in [0.05, 0.1) is 6.42 Å². The maximum atomic E-state index is 14.3. The number of carbonyl (C=O) groups is 4. The third-order valence-corrected chi connectivity index (χ3v) is 7.36. The molecule has 1 aliphatic carbocycles. The summed E-state index contributed by atoms with van der Waals surface area (Å²) in [6.45, 7) is 7.14. The average molecular weight is 573 g/mol. The van der Waals surface area contributed by atoms with Gasteiger partial charge >= 0.3 is 6.09 Å². The van der Waals surface area contributed by atoms with Crippen LogP contribution >= 0.6 is 0 Å². The van der Waals surface area contributed by atoms with Crippen LogP contribution in [0.1, 0.15) is 70.5 Å². The fourth-order valence-corrected chi connectivity index (χ4v) is 5.07. The smallest absolute Gasteiger partial charge is 0.408 e. The Hall–Kier alpha value is -4.40. The van der Waals surface area contributed by atoms with Crippen LogP contribution in [0.4, 0.5) is 10.5 Å². The number of fused-ring (bicyclic) bond motifs is 1. The number of amides is 4. The highest BCUT2D eigenvalue weighted by Gasteiger charge is 2.42. The number of nitrogens with zero attached hydrogens (tertiary/aromatic N) is 1. The molecule has 9 heteroatoms. The van der Waals surface area contributed by atoms with Gasteiger partial charge in [-0.3, -0.25) is 14.4 Å². The van der Waals surface area contributed by atoms with Gasteiger partial charge in [-0.05, 0) is 80.5 Å². The van der Waals surface area contributed by atoms with Crippen LogP contribution in [-0.4, -0.2) is 46.4 Å².